The lowest BCUT2D eigenvalue weighted by atomic mass is 10.3. The number of aryl methyl sites for hydroxylation is 1. The van der Waals surface area contributed by atoms with E-state index in [0.29, 0.717) is 17.3 Å². The Morgan fingerprint density at radius 2 is 2.05 bits per heavy atom. The molecule has 0 spiro atoms. The minimum absolute atomic E-state index is 0.403. The molecule has 7 heteroatoms. The average Bonchev–Trinajstić information content (AvgIpc) is 2.68. The lowest BCUT2D eigenvalue weighted by molar-refractivity contribution is 0.400. The first-order valence-electron chi connectivity index (χ1n) is 6.25. The molecule has 1 aromatic rings. The monoisotopic (exact) mass is 305 g/mol. The lowest BCUT2D eigenvalue weighted by Gasteiger charge is -2.09. The van der Waals surface area contributed by atoms with Crippen molar-refractivity contribution in [2.24, 2.45) is 0 Å². The number of nitrogens with zero attached hydrogens (tertiary/aromatic N) is 1. The maximum Gasteiger partial charge on any atom is 0.250 e. The molecule has 0 radical (unpaired) electrons. The SMILES string of the molecule is CNCc1sc(S(=O)(=O)NCCCN(C)C)cc1C. The minimum atomic E-state index is -3.36. The summed E-state index contributed by atoms with van der Waals surface area (Å²) in [7, 11) is 2.44. The van der Waals surface area contributed by atoms with Gasteiger partial charge in [0.05, 0.1) is 0 Å². The van der Waals surface area contributed by atoms with Gasteiger partial charge in [0.1, 0.15) is 4.21 Å². The summed E-state index contributed by atoms with van der Waals surface area (Å²) in [6, 6.07) is 1.74. The van der Waals surface area contributed by atoms with Crippen molar-refractivity contribution in [2.75, 3.05) is 34.2 Å². The predicted octanol–water partition coefficient (Wildman–Crippen LogP) is 1.01. The Bertz CT molecular complexity index is 495. The third kappa shape index (κ3) is 5.19. The van der Waals surface area contributed by atoms with Crippen molar-refractivity contribution in [2.45, 2.75) is 24.1 Å². The van der Waals surface area contributed by atoms with Gasteiger partial charge in [0.2, 0.25) is 10.0 Å². The molecule has 19 heavy (non-hydrogen) atoms. The highest BCUT2D eigenvalue weighted by atomic mass is 32.2. The third-order valence-corrected chi connectivity index (χ3v) is 5.85. The zero-order valence-corrected chi connectivity index (χ0v) is 13.6. The van der Waals surface area contributed by atoms with Gasteiger partial charge in [-0.3, -0.25) is 0 Å². The van der Waals surface area contributed by atoms with E-state index in [9.17, 15) is 8.42 Å². The van der Waals surface area contributed by atoms with Gasteiger partial charge in [-0.2, -0.15) is 0 Å². The molecule has 0 saturated heterocycles. The smallest absolute Gasteiger partial charge is 0.250 e. The molecule has 0 aliphatic carbocycles. The molecule has 0 aliphatic heterocycles. The normalized spacial score (nSPS) is 12.3. The number of rotatable bonds is 8. The van der Waals surface area contributed by atoms with Gasteiger partial charge in [-0.05, 0) is 52.7 Å². The molecule has 1 aromatic heterocycles. The molecule has 0 saturated carbocycles. The summed E-state index contributed by atoms with van der Waals surface area (Å²) in [6.07, 6.45) is 0.806. The molecule has 5 nitrogen and oxygen atoms in total. The standard InChI is InChI=1S/C12H23N3O2S2/c1-10-8-12(18-11(10)9-13-2)19(16,17)14-6-5-7-15(3)4/h8,13-14H,5-7,9H2,1-4H3. The summed E-state index contributed by atoms with van der Waals surface area (Å²) in [6.45, 7) is 3.98. The first kappa shape index (κ1) is 16.6. The van der Waals surface area contributed by atoms with Crippen LogP contribution in [0, 0.1) is 6.92 Å². The van der Waals surface area contributed by atoms with E-state index in [1.54, 1.807) is 6.07 Å². The maximum absolute atomic E-state index is 12.1. The topological polar surface area (TPSA) is 61.4 Å². The zero-order valence-electron chi connectivity index (χ0n) is 12.0. The quantitative estimate of drug-likeness (QED) is 0.704. The summed E-state index contributed by atoms with van der Waals surface area (Å²) in [4.78, 5) is 3.10. The van der Waals surface area contributed by atoms with Crippen molar-refractivity contribution in [1.82, 2.24) is 14.9 Å². The summed E-state index contributed by atoms with van der Waals surface area (Å²) >= 11 is 1.33. The number of sulfonamides is 1. The lowest BCUT2D eigenvalue weighted by Crippen LogP contribution is -2.26. The molecular weight excluding hydrogens is 282 g/mol. The van der Waals surface area contributed by atoms with E-state index in [2.05, 4.69) is 10.0 Å². The summed E-state index contributed by atoms with van der Waals surface area (Å²) in [5.74, 6) is 0. The molecule has 110 valence electrons. The number of thiophene rings is 1. The highest BCUT2D eigenvalue weighted by molar-refractivity contribution is 7.91. The molecule has 0 aromatic carbocycles. The number of nitrogens with one attached hydrogen (secondary N) is 2. The van der Waals surface area contributed by atoms with E-state index in [-0.39, 0.29) is 0 Å². The molecule has 0 aliphatic rings. The molecule has 0 fully saturated rings. The highest BCUT2D eigenvalue weighted by Gasteiger charge is 2.18. The Hall–Kier alpha value is -0.470. The van der Waals surface area contributed by atoms with Crippen LogP contribution in [0.3, 0.4) is 0 Å². The minimum Gasteiger partial charge on any atom is -0.315 e. The van der Waals surface area contributed by atoms with E-state index in [1.807, 2.05) is 33.0 Å². The molecular formula is C12H23N3O2S2. The molecule has 0 unspecified atom stereocenters. The van der Waals surface area contributed by atoms with Crippen LogP contribution in [0.15, 0.2) is 10.3 Å². The van der Waals surface area contributed by atoms with Crippen molar-refractivity contribution in [3.8, 4) is 0 Å². The summed E-state index contributed by atoms with van der Waals surface area (Å²) in [5, 5.41) is 3.04. The second kappa shape index (κ2) is 7.35. The molecule has 2 N–H and O–H groups in total. The number of hydrogen-bond acceptors (Lipinski definition) is 5. The van der Waals surface area contributed by atoms with Crippen LogP contribution in [0.4, 0.5) is 0 Å². The van der Waals surface area contributed by atoms with Gasteiger partial charge in [-0.1, -0.05) is 0 Å². The fourth-order valence-electron chi connectivity index (χ4n) is 1.63. The second-order valence-electron chi connectivity index (χ2n) is 4.76. The van der Waals surface area contributed by atoms with Crippen molar-refractivity contribution < 1.29 is 8.42 Å². The van der Waals surface area contributed by atoms with Crippen molar-refractivity contribution in [3.05, 3.63) is 16.5 Å². The van der Waals surface area contributed by atoms with Crippen LogP contribution >= 0.6 is 11.3 Å². The van der Waals surface area contributed by atoms with Gasteiger partial charge in [0.25, 0.3) is 0 Å². The Morgan fingerprint density at radius 3 is 2.63 bits per heavy atom. The van der Waals surface area contributed by atoms with E-state index < -0.39 is 10.0 Å². The maximum atomic E-state index is 12.1. The Kier molecular flexibility index (Phi) is 6.41. The van der Waals surface area contributed by atoms with E-state index >= 15 is 0 Å². The van der Waals surface area contributed by atoms with Crippen LogP contribution in [0.2, 0.25) is 0 Å². The average molecular weight is 305 g/mol. The first-order valence-corrected chi connectivity index (χ1v) is 8.55. The first-order chi connectivity index (χ1) is 8.86. The van der Waals surface area contributed by atoms with E-state index in [1.165, 1.54) is 11.3 Å². The zero-order chi connectivity index (χ0) is 14.5. The van der Waals surface area contributed by atoms with Crippen LogP contribution in [-0.4, -0.2) is 47.6 Å². The molecule has 0 amide bonds. The van der Waals surface area contributed by atoms with E-state index in [4.69, 9.17) is 0 Å². The van der Waals surface area contributed by atoms with Gasteiger partial charge >= 0.3 is 0 Å². The van der Waals surface area contributed by atoms with Gasteiger partial charge < -0.3 is 10.2 Å². The van der Waals surface area contributed by atoms with Crippen LogP contribution < -0.4 is 10.0 Å². The van der Waals surface area contributed by atoms with Crippen LogP contribution in [0.1, 0.15) is 16.9 Å². The van der Waals surface area contributed by atoms with Gasteiger partial charge in [0, 0.05) is 18.0 Å². The van der Waals surface area contributed by atoms with Crippen molar-refractivity contribution in [1.29, 1.82) is 0 Å². The van der Waals surface area contributed by atoms with E-state index in [0.717, 1.165) is 23.4 Å². The molecule has 0 bridgehead atoms. The van der Waals surface area contributed by atoms with Crippen LogP contribution in [0.25, 0.3) is 0 Å². The molecule has 1 heterocycles. The predicted molar refractivity (Wildman–Crippen MR) is 80.2 cm³/mol. The van der Waals surface area contributed by atoms with Gasteiger partial charge in [-0.25, -0.2) is 13.1 Å². The van der Waals surface area contributed by atoms with Gasteiger partial charge in [0.15, 0.2) is 0 Å². The van der Waals surface area contributed by atoms with Crippen LogP contribution in [-0.2, 0) is 16.6 Å². The summed E-state index contributed by atoms with van der Waals surface area (Å²) in [5.41, 5.74) is 1.02. The van der Waals surface area contributed by atoms with Crippen LogP contribution in [0.5, 0.6) is 0 Å². The number of hydrogen-bond donors (Lipinski definition) is 2. The highest BCUT2D eigenvalue weighted by Crippen LogP contribution is 2.25. The van der Waals surface area contributed by atoms with Crippen molar-refractivity contribution in [3.63, 3.8) is 0 Å². The second-order valence-corrected chi connectivity index (χ2v) is 7.89. The van der Waals surface area contributed by atoms with Crippen molar-refractivity contribution >= 4 is 21.4 Å². The van der Waals surface area contributed by atoms with Gasteiger partial charge in [-0.15, -0.1) is 11.3 Å². The molecule has 0 atom stereocenters. The third-order valence-electron chi connectivity index (χ3n) is 2.67. The Balaban J connectivity index is 2.64. The Labute approximate surface area is 120 Å². The Morgan fingerprint density at radius 1 is 1.37 bits per heavy atom. The largest absolute Gasteiger partial charge is 0.315 e. The molecule has 1 rings (SSSR count). The fraction of sp³-hybridized carbons (Fsp3) is 0.667. The summed E-state index contributed by atoms with van der Waals surface area (Å²) < 4.78 is 27.3. The fourth-order valence-corrected chi connectivity index (χ4v) is 4.35.